The number of ether oxygens (including phenoxy) is 1. The van der Waals surface area contributed by atoms with Gasteiger partial charge in [-0.05, 0) is 42.3 Å². The van der Waals surface area contributed by atoms with E-state index in [0.29, 0.717) is 17.3 Å². The van der Waals surface area contributed by atoms with Crippen molar-refractivity contribution in [3.8, 4) is 11.6 Å². The van der Waals surface area contributed by atoms with Gasteiger partial charge in [0.15, 0.2) is 0 Å². The van der Waals surface area contributed by atoms with E-state index < -0.39 is 5.97 Å². The largest absolute Gasteiger partial charge is 0.478 e. The summed E-state index contributed by atoms with van der Waals surface area (Å²) in [5.41, 5.74) is 7.86. The molecular formula is C15H14N2O3. The maximum atomic E-state index is 10.5. The number of benzene rings is 1. The molecule has 0 aliphatic rings. The Bertz CT molecular complexity index is 649. The molecule has 0 fully saturated rings. The molecule has 0 saturated carbocycles. The summed E-state index contributed by atoms with van der Waals surface area (Å²) in [6.07, 6.45) is 4.17. The van der Waals surface area contributed by atoms with Crippen molar-refractivity contribution in [2.24, 2.45) is 0 Å². The predicted octanol–water partition coefficient (Wildman–Crippen LogP) is 2.86. The third-order valence-electron chi connectivity index (χ3n) is 2.63. The summed E-state index contributed by atoms with van der Waals surface area (Å²) < 4.78 is 5.59. The molecule has 0 saturated heterocycles. The minimum atomic E-state index is -0.976. The van der Waals surface area contributed by atoms with Crippen LogP contribution >= 0.6 is 0 Å². The van der Waals surface area contributed by atoms with Crippen LogP contribution in [0.5, 0.6) is 11.6 Å². The lowest BCUT2D eigenvalue weighted by Crippen LogP contribution is -1.92. The van der Waals surface area contributed by atoms with Crippen LogP contribution in [0.2, 0.25) is 0 Å². The molecule has 3 N–H and O–H groups in total. The molecule has 1 aromatic carbocycles. The lowest BCUT2D eigenvalue weighted by atomic mass is 10.1. The summed E-state index contributed by atoms with van der Waals surface area (Å²) in [6.45, 7) is 1.88. The van der Waals surface area contributed by atoms with E-state index in [9.17, 15) is 4.79 Å². The number of rotatable bonds is 4. The van der Waals surface area contributed by atoms with Crippen LogP contribution < -0.4 is 10.5 Å². The van der Waals surface area contributed by atoms with Crippen LogP contribution in [0.1, 0.15) is 11.1 Å². The van der Waals surface area contributed by atoms with Crippen molar-refractivity contribution in [1.29, 1.82) is 0 Å². The number of carbonyl (C=O) groups is 1. The third kappa shape index (κ3) is 3.58. The molecule has 0 unspecified atom stereocenters. The summed E-state index contributed by atoms with van der Waals surface area (Å²) in [7, 11) is 0. The Morgan fingerprint density at radius 1 is 1.35 bits per heavy atom. The average Bonchev–Trinajstić information content (AvgIpc) is 2.40. The van der Waals surface area contributed by atoms with E-state index in [1.807, 2.05) is 13.0 Å². The van der Waals surface area contributed by atoms with Crippen LogP contribution in [0, 0.1) is 6.92 Å². The van der Waals surface area contributed by atoms with E-state index in [1.54, 1.807) is 30.3 Å². The number of aromatic nitrogens is 1. The minimum absolute atomic E-state index is 0.451. The smallest absolute Gasteiger partial charge is 0.328 e. The first-order valence-electron chi connectivity index (χ1n) is 5.95. The molecule has 0 aliphatic heterocycles. The Labute approximate surface area is 116 Å². The fourth-order valence-corrected chi connectivity index (χ4v) is 1.63. The van der Waals surface area contributed by atoms with Gasteiger partial charge in [-0.1, -0.05) is 6.07 Å². The second-order valence-corrected chi connectivity index (χ2v) is 4.22. The molecule has 20 heavy (non-hydrogen) atoms. The normalized spacial score (nSPS) is 10.7. The van der Waals surface area contributed by atoms with Gasteiger partial charge in [-0.3, -0.25) is 0 Å². The van der Waals surface area contributed by atoms with Crippen molar-refractivity contribution >= 4 is 17.7 Å². The van der Waals surface area contributed by atoms with Gasteiger partial charge in [0.2, 0.25) is 5.88 Å². The lowest BCUT2D eigenvalue weighted by molar-refractivity contribution is -0.131. The van der Waals surface area contributed by atoms with E-state index in [1.165, 1.54) is 6.20 Å². The van der Waals surface area contributed by atoms with Gasteiger partial charge in [0, 0.05) is 12.1 Å². The van der Waals surface area contributed by atoms with E-state index in [0.717, 1.165) is 17.2 Å². The maximum Gasteiger partial charge on any atom is 0.328 e. The topological polar surface area (TPSA) is 85.4 Å². The van der Waals surface area contributed by atoms with Crippen molar-refractivity contribution in [3.05, 3.63) is 53.7 Å². The zero-order valence-corrected chi connectivity index (χ0v) is 10.9. The van der Waals surface area contributed by atoms with Crippen molar-refractivity contribution in [1.82, 2.24) is 4.98 Å². The van der Waals surface area contributed by atoms with Gasteiger partial charge in [0.1, 0.15) is 5.75 Å². The van der Waals surface area contributed by atoms with Gasteiger partial charge in [0.25, 0.3) is 0 Å². The number of carboxylic acid groups (broad SMARTS) is 1. The zero-order valence-electron chi connectivity index (χ0n) is 10.9. The summed E-state index contributed by atoms with van der Waals surface area (Å²) in [5.74, 6) is 0.107. The first kappa shape index (κ1) is 13.6. The van der Waals surface area contributed by atoms with Crippen molar-refractivity contribution < 1.29 is 14.6 Å². The highest BCUT2D eigenvalue weighted by Gasteiger charge is 2.02. The molecule has 0 aliphatic carbocycles. The van der Waals surface area contributed by atoms with Gasteiger partial charge >= 0.3 is 5.97 Å². The van der Waals surface area contributed by atoms with E-state index in [2.05, 4.69) is 4.98 Å². The Kier molecular flexibility index (Phi) is 4.00. The highest BCUT2D eigenvalue weighted by Crippen LogP contribution is 2.23. The SMILES string of the molecule is Cc1cc(Oc2ccc(N)cn2)ccc1/C=C/C(=O)O. The first-order valence-corrected chi connectivity index (χ1v) is 5.95. The second-order valence-electron chi connectivity index (χ2n) is 4.22. The maximum absolute atomic E-state index is 10.5. The number of pyridine rings is 1. The molecule has 0 spiro atoms. The molecule has 0 radical (unpaired) electrons. The van der Waals surface area contributed by atoms with Crippen LogP contribution in [-0.4, -0.2) is 16.1 Å². The minimum Gasteiger partial charge on any atom is -0.478 e. The summed E-state index contributed by atoms with van der Waals surface area (Å²) in [6, 6.07) is 8.76. The van der Waals surface area contributed by atoms with Gasteiger partial charge in [0.05, 0.1) is 11.9 Å². The molecule has 2 rings (SSSR count). The number of nitrogens with zero attached hydrogens (tertiary/aromatic N) is 1. The van der Waals surface area contributed by atoms with Gasteiger partial charge in [-0.15, -0.1) is 0 Å². The van der Waals surface area contributed by atoms with Crippen LogP contribution in [0.15, 0.2) is 42.6 Å². The van der Waals surface area contributed by atoms with Crippen LogP contribution in [0.4, 0.5) is 5.69 Å². The highest BCUT2D eigenvalue weighted by atomic mass is 16.5. The molecule has 1 heterocycles. The molecule has 102 valence electrons. The van der Waals surface area contributed by atoms with Gasteiger partial charge < -0.3 is 15.6 Å². The number of aryl methyl sites for hydroxylation is 1. The average molecular weight is 270 g/mol. The summed E-state index contributed by atoms with van der Waals surface area (Å²) in [5, 5.41) is 8.61. The quantitative estimate of drug-likeness (QED) is 0.834. The number of anilines is 1. The van der Waals surface area contributed by atoms with Crippen LogP contribution in [-0.2, 0) is 4.79 Å². The number of carboxylic acids is 1. The van der Waals surface area contributed by atoms with Crippen molar-refractivity contribution in [2.75, 3.05) is 5.73 Å². The van der Waals surface area contributed by atoms with Gasteiger partial charge in [-0.2, -0.15) is 0 Å². The fraction of sp³-hybridized carbons (Fsp3) is 0.0667. The number of hydrogen-bond acceptors (Lipinski definition) is 4. The Morgan fingerprint density at radius 3 is 2.75 bits per heavy atom. The number of nitrogen functional groups attached to an aromatic ring is 1. The van der Waals surface area contributed by atoms with Crippen molar-refractivity contribution in [3.63, 3.8) is 0 Å². The molecule has 0 atom stereocenters. The third-order valence-corrected chi connectivity index (χ3v) is 2.63. The molecule has 1 aromatic heterocycles. The van der Waals surface area contributed by atoms with Crippen LogP contribution in [0.3, 0.4) is 0 Å². The Balaban J connectivity index is 2.16. The lowest BCUT2D eigenvalue weighted by Gasteiger charge is -2.07. The number of nitrogens with two attached hydrogens (primary N) is 1. The van der Waals surface area contributed by atoms with Gasteiger partial charge in [-0.25, -0.2) is 9.78 Å². The monoisotopic (exact) mass is 270 g/mol. The zero-order chi connectivity index (χ0) is 14.5. The van der Waals surface area contributed by atoms with E-state index in [4.69, 9.17) is 15.6 Å². The molecule has 0 amide bonds. The van der Waals surface area contributed by atoms with Crippen molar-refractivity contribution in [2.45, 2.75) is 6.92 Å². The van der Waals surface area contributed by atoms with E-state index >= 15 is 0 Å². The summed E-state index contributed by atoms with van der Waals surface area (Å²) in [4.78, 5) is 14.5. The standard InChI is InChI=1S/C15H14N2O3/c1-10-8-13(5-2-11(10)3-7-15(18)19)20-14-6-4-12(16)9-17-14/h2-9H,16H2,1H3,(H,18,19)/b7-3+. The predicted molar refractivity (Wildman–Crippen MR) is 76.6 cm³/mol. The van der Waals surface area contributed by atoms with Crippen LogP contribution in [0.25, 0.3) is 6.08 Å². The molecule has 5 nitrogen and oxygen atoms in total. The number of hydrogen-bond donors (Lipinski definition) is 2. The Morgan fingerprint density at radius 2 is 2.15 bits per heavy atom. The van der Waals surface area contributed by atoms with E-state index in [-0.39, 0.29) is 0 Å². The first-order chi connectivity index (χ1) is 9.54. The second kappa shape index (κ2) is 5.88. The fourth-order valence-electron chi connectivity index (χ4n) is 1.63. The highest BCUT2D eigenvalue weighted by molar-refractivity contribution is 5.85. The molecular weight excluding hydrogens is 256 g/mol. The number of aliphatic carboxylic acids is 1. The molecule has 0 bridgehead atoms. The molecule has 2 aromatic rings. The summed E-state index contributed by atoms with van der Waals surface area (Å²) >= 11 is 0. The Hall–Kier alpha value is -2.82. The molecule has 5 heteroatoms.